The highest BCUT2D eigenvalue weighted by atomic mass is 16.6. The van der Waals surface area contributed by atoms with Crippen LogP contribution < -0.4 is 0 Å². The van der Waals surface area contributed by atoms with Crippen LogP contribution in [0.25, 0.3) is 0 Å². The van der Waals surface area contributed by atoms with Crippen LogP contribution in [0.2, 0.25) is 0 Å². The first kappa shape index (κ1) is 13.4. The molecule has 2 unspecified atom stereocenters. The van der Waals surface area contributed by atoms with Gasteiger partial charge in [0.1, 0.15) is 12.2 Å². The van der Waals surface area contributed by atoms with Crippen molar-refractivity contribution in [3.63, 3.8) is 0 Å². The summed E-state index contributed by atoms with van der Waals surface area (Å²) in [5, 5.41) is 8.76. The molecule has 1 fully saturated rings. The maximum Gasteiger partial charge on any atom is 0.334 e. The monoisotopic (exact) mass is 240 g/mol. The van der Waals surface area contributed by atoms with Crippen molar-refractivity contribution in [2.45, 2.75) is 33.0 Å². The van der Waals surface area contributed by atoms with Crippen LogP contribution >= 0.6 is 0 Å². The van der Waals surface area contributed by atoms with Gasteiger partial charge in [-0.3, -0.25) is 0 Å². The summed E-state index contributed by atoms with van der Waals surface area (Å²) in [6.45, 7) is 5.31. The summed E-state index contributed by atoms with van der Waals surface area (Å²) >= 11 is 0. The topological polar surface area (TPSA) is 76.1 Å². The first-order valence-corrected chi connectivity index (χ1v) is 5.33. The Balaban J connectivity index is 2.71. The summed E-state index contributed by atoms with van der Waals surface area (Å²) in [7, 11) is 0. The molecule has 5 heteroatoms. The van der Waals surface area contributed by atoms with Gasteiger partial charge in [0.15, 0.2) is 0 Å². The lowest BCUT2D eigenvalue weighted by Crippen LogP contribution is -2.23. The quantitative estimate of drug-likeness (QED) is 0.445. The van der Waals surface area contributed by atoms with Crippen molar-refractivity contribution >= 4 is 11.9 Å². The van der Waals surface area contributed by atoms with Crippen molar-refractivity contribution < 1.29 is 24.2 Å². The summed E-state index contributed by atoms with van der Waals surface area (Å²) in [6.07, 6.45) is 2.19. The predicted octanol–water partition coefficient (Wildman–Crippen LogP) is 1.29. The smallest absolute Gasteiger partial charge is 0.334 e. The normalized spacial score (nSPS) is 21.9. The number of carboxylic acid groups (broad SMARTS) is 1. The summed E-state index contributed by atoms with van der Waals surface area (Å²) in [5.41, 5.74) is 0.619. The lowest BCUT2D eigenvalue weighted by atomic mass is 10.1. The average Bonchev–Trinajstić information content (AvgIpc) is 3.10. The summed E-state index contributed by atoms with van der Waals surface area (Å²) in [6, 6.07) is 0. The molecule has 0 amide bonds. The number of epoxide rings is 1. The molecule has 0 aromatic rings. The van der Waals surface area contributed by atoms with Crippen molar-refractivity contribution in [2.24, 2.45) is 0 Å². The van der Waals surface area contributed by atoms with Gasteiger partial charge in [0.2, 0.25) is 0 Å². The Kier molecular flexibility index (Phi) is 4.45. The standard InChI is InChI=1S/C12H16O5/c1-4-7(2)12(15)17-9(10-6-16-10)5-8(3)11(13)14/h4-5,9-10H,6H2,1-3H3,(H,13,14). The first-order chi connectivity index (χ1) is 7.95. The number of ether oxygens (including phenoxy) is 2. The van der Waals surface area contributed by atoms with Crippen LogP contribution in [0.1, 0.15) is 20.8 Å². The third kappa shape index (κ3) is 4.03. The van der Waals surface area contributed by atoms with Gasteiger partial charge in [-0.15, -0.1) is 0 Å². The molecule has 94 valence electrons. The van der Waals surface area contributed by atoms with Gasteiger partial charge in [0.25, 0.3) is 0 Å². The van der Waals surface area contributed by atoms with Gasteiger partial charge in [-0.05, 0) is 26.8 Å². The van der Waals surface area contributed by atoms with Gasteiger partial charge in [0.05, 0.1) is 6.61 Å². The van der Waals surface area contributed by atoms with E-state index in [0.717, 1.165) is 0 Å². The maximum absolute atomic E-state index is 11.5. The number of hydrogen-bond donors (Lipinski definition) is 1. The molecule has 1 aliphatic heterocycles. The van der Waals surface area contributed by atoms with E-state index in [9.17, 15) is 9.59 Å². The van der Waals surface area contributed by atoms with Crippen molar-refractivity contribution in [3.05, 3.63) is 23.3 Å². The molecule has 0 spiro atoms. The van der Waals surface area contributed by atoms with E-state index in [2.05, 4.69) is 0 Å². The highest BCUT2D eigenvalue weighted by Gasteiger charge is 2.35. The number of aliphatic carboxylic acids is 1. The van der Waals surface area contributed by atoms with E-state index in [4.69, 9.17) is 14.6 Å². The second kappa shape index (κ2) is 5.63. The van der Waals surface area contributed by atoms with Gasteiger partial charge >= 0.3 is 11.9 Å². The molecule has 0 aliphatic carbocycles. The Morgan fingerprint density at radius 1 is 1.41 bits per heavy atom. The summed E-state index contributed by atoms with van der Waals surface area (Å²) < 4.78 is 10.2. The molecule has 0 saturated carbocycles. The lowest BCUT2D eigenvalue weighted by Gasteiger charge is -2.12. The minimum Gasteiger partial charge on any atom is -0.478 e. The van der Waals surface area contributed by atoms with E-state index < -0.39 is 18.0 Å². The number of carbonyl (C=O) groups is 2. The highest BCUT2D eigenvalue weighted by Crippen LogP contribution is 2.20. The zero-order valence-corrected chi connectivity index (χ0v) is 10.1. The Morgan fingerprint density at radius 3 is 2.41 bits per heavy atom. The molecule has 1 saturated heterocycles. The molecule has 1 N–H and O–H groups in total. The maximum atomic E-state index is 11.5. The minimum atomic E-state index is -1.03. The molecular formula is C12H16O5. The fraction of sp³-hybridized carbons (Fsp3) is 0.500. The predicted molar refractivity (Wildman–Crippen MR) is 60.4 cm³/mol. The fourth-order valence-corrected chi connectivity index (χ4v) is 1.11. The van der Waals surface area contributed by atoms with Crippen LogP contribution in [0.4, 0.5) is 0 Å². The fourth-order valence-electron chi connectivity index (χ4n) is 1.11. The van der Waals surface area contributed by atoms with Crippen LogP contribution in [0, 0.1) is 0 Å². The highest BCUT2D eigenvalue weighted by molar-refractivity contribution is 5.88. The van der Waals surface area contributed by atoms with Crippen molar-refractivity contribution in [1.29, 1.82) is 0 Å². The molecule has 2 atom stereocenters. The van der Waals surface area contributed by atoms with E-state index in [1.165, 1.54) is 13.0 Å². The van der Waals surface area contributed by atoms with Crippen LogP contribution in [0.5, 0.6) is 0 Å². The van der Waals surface area contributed by atoms with Crippen molar-refractivity contribution in [1.82, 2.24) is 0 Å². The van der Waals surface area contributed by atoms with Gasteiger partial charge < -0.3 is 14.6 Å². The molecule has 5 nitrogen and oxygen atoms in total. The number of esters is 1. The Hall–Kier alpha value is -1.62. The lowest BCUT2D eigenvalue weighted by molar-refractivity contribution is -0.143. The molecule has 0 aromatic heterocycles. The van der Waals surface area contributed by atoms with Gasteiger partial charge in [-0.1, -0.05) is 6.08 Å². The number of carboxylic acids is 1. The first-order valence-electron chi connectivity index (χ1n) is 5.33. The van der Waals surface area contributed by atoms with E-state index in [0.29, 0.717) is 12.2 Å². The molecule has 0 bridgehead atoms. The van der Waals surface area contributed by atoms with Crippen LogP contribution in [-0.4, -0.2) is 35.9 Å². The molecule has 0 aromatic carbocycles. The second-order valence-corrected chi connectivity index (χ2v) is 3.87. The van der Waals surface area contributed by atoms with Crippen LogP contribution in [0.3, 0.4) is 0 Å². The van der Waals surface area contributed by atoms with E-state index >= 15 is 0 Å². The largest absolute Gasteiger partial charge is 0.478 e. The zero-order valence-electron chi connectivity index (χ0n) is 10.1. The molecule has 1 heterocycles. The third-order valence-corrected chi connectivity index (χ3v) is 2.48. The third-order valence-electron chi connectivity index (χ3n) is 2.48. The van der Waals surface area contributed by atoms with E-state index in [1.54, 1.807) is 19.9 Å². The SMILES string of the molecule is CC=C(C)C(=O)OC(C=C(C)C(=O)O)C1CO1. The number of hydrogen-bond acceptors (Lipinski definition) is 4. The number of allylic oxidation sites excluding steroid dienone is 1. The number of rotatable bonds is 5. The molecular weight excluding hydrogens is 224 g/mol. The molecule has 1 rings (SSSR count). The molecule has 1 aliphatic rings. The van der Waals surface area contributed by atoms with E-state index in [1.807, 2.05) is 0 Å². The second-order valence-electron chi connectivity index (χ2n) is 3.87. The van der Waals surface area contributed by atoms with Crippen LogP contribution in [0.15, 0.2) is 23.3 Å². The minimum absolute atomic E-state index is 0.136. The van der Waals surface area contributed by atoms with Gasteiger partial charge in [-0.2, -0.15) is 0 Å². The van der Waals surface area contributed by atoms with Gasteiger partial charge in [0, 0.05) is 11.1 Å². The number of carbonyl (C=O) groups excluding carboxylic acids is 1. The van der Waals surface area contributed by atoms with Gasteiger partial charge in [-0.25, -0.2) is 9.59 Å². The molecule has 0 radical (unpaired) electrons. The molecule has 17 heavy (non-hydrogen) atoms. The van der Waals surface area contributed by atoms with Crippen molar-refractivity contribution in [3.8, 4) is 0 Å². The summed E-state index contributed by atoms with van der Waals surface area (Å²) in [4.78, 5) is 22.2. The Labute approximate surface area is 99.7 Å². The van der Waals surface area contributed by atoms with Crippen molar-refractivity contribution in [2.75, 3.05) is 6.61 Å². The average molecular weight is 240 g/mol. The Bertz CT molecular complexity index is 376. The summed E-state index contributed by atoms with van der Waals surface area (Å²) in [5.74, 6) is -1.49. The Morgan fingerprint density at radius 2 is 2.00 bits per heavy atom. The van der Waals surface area contributed by atoms with Crippen LogP contribution in [-0.2, 0) is 19.1 Å². The zero-order chi connectivity index (χ0) is 13.0. The van der Waals surface area contributed by atoms with E-state index in [-0.39, 0.29) is 11.7 Å².